The van der Waals surface area contributed by atoms with Gasteiger partial charge >= 0.3 is 0 Å². The summed E-state index contributed by atoms with van der Waals surface area (Å²) in [5.74, 6) is 0.165. The molecule has 3 heteroatoms. The van der Waals surface area contributed by atoms with Gasteiger partial charge < -0.3 is 4.90 Å². The van der Waals surface area contributed by atoms with Gasteiger partial charge in [0.25, 0.3) is 5.91 Å². The van der Waals surface area contributed by atoms with E-state index in [-0.39, 0.29) is 5.91 Å². The van der Waals surface area contributed by atoms with E-state index in [1.165, 1.54) is 0 Å². The SMILES string of the molecule is C=CCN1CCCN(C(=O)c2ccccc2C)CC1. The number of benzene rings is 1. The lowest BCUT2D eigenvalue weighted by atomic mass is 10.1. The van der Waals surface area contributed by atoms with E-state index < -0.39 is 0 Å². The molecule has 2 rings (SSSR count). The number of carbonyl (C=O) groups is 1. The summed E-state index contributed by atoms with van der Waals surface area (Å²) in [4.78, 5) is 16.8. The van der Waals surface area contributed by atoms with Gasteiger partial charge in [-0.2, -0.15) is 0 Å². The van der Waals surface area contributed by atoms with Gasteiger partial charge in [-0.05, 0) is 25.0 Å². The van der Waals surface area contributed by atoms with Crippen molar-refractivity contribution in [3.05, 3.63) is 48.0 Å². The summed E-state index contributed by atoms with van der Waals surface area (Å²) in [7, 11) is 0. The Hall–Kier alpha value is -1.61. The summed E-state index contributed by atoms with van der Waals surface area (Å²) >= 11 is 0. The third kappa shape index (κ3) is 3.44. The van der Waals surface area contributed by atoms with Crippen LogP contribution in [-0.2, 0) is 0 Å². The molecule has 1 heterocycles. The molecule has 0 aliphatic carbocycles. The standard InChI is InChI=1S/C16H22N2O/c1-3-9-17-10-6-11-18(13-12-17)16(19)15-8-5-4-7-14(15)2/h3-5,7-8H,1,6,9-13H2,2H3. The zero-order chi connectivity index (χ0) is 13.7. The van der Waals surface area contributed by atoms with Crippen molar-refractivity contribution < 1.29 is 4.79 Å². The molecular weight excluding hydrogens is 236 g/mol. The summed E-state index contributed by atoms with van der Waals surface area (Å²) in [6, 6.07) is 7.82. The number of hydrogen-bond acceptors (Lipinski definition) is 2. The number of rotatable bonds is 3. The molecule has 0 aromatic heterocycles. The molecule has 3 nitrogen and oxygen atoms in total. The quantitative estimate of drug-likeness (QED) is 0.777. The van der Waals surface area contributed by atoms with Gasteiger partial charge in [0.05, 0.1) is 0 Å². The molecule has 1 saturated heterocycles. The molecule has 0 bridgehead atoms. The van der Waals surface area contributed by atoms with E-state index >= 15 is 0 Å². The maximum absolute atomic E-state index is 12.5. The van der Waals surface area contributed by atoms with Crippen LogP contribution in [0, 0.1) is 6.92 Å². The van der Waals surface area contributed by atoms with Gasteiger partial charge in [-0.3, -0.25) is 9.69 Å². The number of carbonyl (C=O) groups excluding carboxylic acids is 1. The molecule has 1 aliphatic rings. The van der Waals surface area contributed by atoms with Crippen LogP contribution in [0.25, 0.3) is 0 Å². The highest BCUT2D eigenvalue weighted by Crippen LogP contribution is 2.12. The predicted octanol–water partition coefficient (Wildman–Crippen LogP) is 2.33. The van der Waals surface area contributed by atoms with Crippen LogP contribution >= 0.6 is 0 Å². The molecule has 19 heavy (non-hydrogen) atoms. The van der Waals surface area contributed by atoms with Crippen LogP contribution < -0.4 is 0 Å². The Kier molecular flexibility index (Phi) is 4.74. The van der Waals surface area contributed by atoms with Crippen molar-refractivity contribution in [3.8, 4) is 0 Å². The molecule has 0 spiro atoms. The van der Waals surface area contributed by atoms with Gasteiger partial charge in [-0.1, -0.05) is 24.3 Å². The van der Waals surface area contributed by atoms with Crippen molar-refractivity contribution >= 4 is 5.91 Å². The summed E-state index contributed by atoms with van der Waals surface area (Å²) in [6.07, 6.45) is 2.96. The van der Waals surface area contributed by atoms with Crippen LogP contribution in [0.3, 0.4) is 0 Å². The largest absolute Gasteiger partial charge is 0.337 e. The van der Waals surface area contributed by atoms with Gasteiger partial charge in [0.2, 0.25) is 0 Å². The fourth-order valence-corrected chi connectivity index (χ4v) is 2.52. The van der Waals surface area contributed by atoms with Crippen molar-refractivity contribution in [1.29, 1.82) is 0 Å². The first kappa shape index (κ1) is 13.8. The topological polar surface area (TPSA) is 23.6 Å². The van der Waals surface area contributed by atoms with E-state index in [1.54, 1.807) is 0 Å². The fraction of sp³-hybridized carbons (Fsp3) is 0.438. The van der Waals surface area contributed by atoms with Gasteiger partial charge in [0, 0.05) is 38.3 Å². The monoisotopic (exact) mass is 258 g/mol. The lowest BCUT2D eigenvalue weighted by Crippen LogP contribution is -2.35. The highest BCUT2D eigenvalue weighted by Gasteiger charge is 2.20. The molecule has 1 aliphatic heterocycles. The summed E-state index contributed by atoms with van der Waals surface area (Å²) in [5.41, 5.74) is 1.89. The van der Waals surface area contributed by atoms with Crippen molar-refractivity contribution in [2.75, 3.05) is 32.7 Å². The molecule has 0 N–H and O–H groups in total. The Labute approximate surface area is 115 Å². The molecule has 102 valence electrons. The lowest BCUT2D eigenvalue weighted by molar-refractivity contribution is 0.0761. The Morgan fingerprint density at radius 1 is 1.26 bits per heavy atom. The second-order valence-corrected chi connectivity index (χ2v) is 5.05. The molecule has 1 aromatic carbocycles. The number of amides is 1. The number of aryl methyl sites for hydroxylation is 1. The minimum absolute atomic E-state index is 0.165. The molecule has 0 saturated carbocycles. The Bertz CT molecular complexity index is 456. The molecule has 1 fully saturated rings. The van der Waals surface area contributed by atoms with Crippen molar-refractivity contribution in [2.45, 2.75) is 13.3 Å². The second kappa shape index (κ2) is 6.53. The molecular formula is C16H22N2O. The van der Waals surface area contributed by atoms with Crippen molar-refractivity contribution in [2.24, 2.45) is 0 Å². The van der Waals surface area contributed by atoms with E-state index in [0.717, 1.165) is 50.3 Å². The average Bonchev–Trinajstić information content (AvgIpc) is 2.65. The molecule has 0 atom stereocenters. The van der Waals surface area contributed by atoms with Crippen LogP contribution in [0.15, 0.2) is 36.9 Å². The lowest BCUT2D eigenvalue weighted by Gasteiger charge is -2.22. The van der Waals surface area contributed by atoms with Crippen molar-refractivity contribution in [3.63, 3.8) is 0 Å². The van der Waals surface area contributed by atoms with Crippen LogP contribution in [0.4, 0.5) is 0 Å². The van der Waals surface area contributed by atoms with E-state index in [2.05, 4.69) is 11.5 Å². The van der Waals surface area contributed by atoms with E-state index in [0.29, 0.717) is 0 Å². The fourth-order valence-electron chi connectivity index (χ4n) is 2.52. The zero-order valence-electron chi connectivity index (χ0n) is 11.6. The number of nitrogens with zero attached hydrogens (tertiary/aromatic N) is 2. The Morgan fingerprint density at radius 3 is 2.79 bits per heavy atom. The van der Waals surface area contributed by atoms with E-state index in [9.17, 15) is 4.79 Å². The average molecular weight is 258 g/mol. The third-order valence-electron chi connectivity index (χ3n) is 3.64. The second-order valence-electron chi connectivity index (χ2n) is 5.05. The molecule has 1 aromatic rings. The Balaban J connectivity index is 2.04. The summed E-state index contributed by atoms with van der Waals surface area (Å²) in [5, 5.41) is 0. The normalized spacial score (nSPS) is 17.0. The van der Waals surface area contributed by atoms with Gasteiger partial charge in [0.15, 0.2) is 0 Å². The highest BCUT2D eigenvalue weighted by atomic mass is 16.2. The van der Waals surface area contributed by atoms with E-state index in [4.69, 9.17) is 0 Å². The molecule has 0 unspecified atom stereocenters. The van der Waals surface area contributed by atoms with Gasteiger partial charge in [0.1, 0.15) is 0 Å². The van der Waals surface area contributed by atoms with Gasteiger partial charge in [-0.25, -0.2) is 0 Å². The van der Waals surface area contributed by atoms with Crippen molar-refractivity contribution in [1.82, 2.24) is 9.80 Å². The first-order valence-corrected chi connectivity index (χ1v) is 6.90. The first-order chi connectivity index (χ1) is 9.22. The maximum atomic E-state index is 12.5. The Morgan fingerprint density at radius 2 is 2.05 bits per heavy atom. The number of hydrogen-bond donors (Lipinski definition) is 0. The van der Waals surface area contributed by atoms with Crippen LogP contribution in [0.1, 0.15) is 22.3 Å². The maximum Gasteiger partial charge on any atom is 0.254 e. The van der Waals surface area contributed by atoms with Crippen LogP contribution in [-0.4, -0.2) is 48.4 Å². The zero-order valence-corrected chi connectivity index (χ0v) is 11.6. The third-order valence-corrected chi connectivity index (χ3v) is 3.64. The molecule has 1 amide bonds. The summed E-state index contributed by atoms with van der Waals surface area (Å²) < 4.78 is 0. The molecule has 0 radical (unpaired) electrons. The minimum Gasteiger partial charge on any atom is -0.337 e. The van der Waals surface area contributed by atoms with Gasteiger partial charge in [-0.15, -0.1) is 6.58 Å². The predicted molar refractivity (Wildman–Crippen MR) is 78.3 cm³/mol. The smallest absolute Gasteiger partial charge is 0.254 e. The van der Waals surface area contributed by atoms with Crippen LogP contribution in [0.5, 0.6) is 0 Å². The van der Waals surface area contributed by atoms with Crippen LogP contribution in [0.2, 0.25) is 0 Å². The first-order valence-electron chi connectivity index (χ1n) is 6.90. The summed E-state index contributed by atoms with van der Waals surface area (Å²) in [6.45, 7) is 10.3. The van der Waals surface area contributed by atoms with E-state index in [1.807, 2.05) is 42.2 Å². The minimum atomic E-state index is 0.165. The highest BCUT2D eigenvalue weighted by molar-refractivity contribution is 5.95.